The Bertz CT molecular complexity index is 1060. The molecule has 9 nitrogen and oxygen atoms in total. The van der Waals surface area contributed by atoms with Crippen LogP contribution in [0, 0.1) is 0 Å². The molecule has 2 saturated heterocycles. The van der Waals surface area contributed by atoms with Gasteiger partial charge >= 0.3 is 12.1 Å². The average Bonchev–Trinajstić information content (AvgIpc) is 3.04. The predicted molar refractivity (Wildman–Crippen MR) is 115 cm³/mol. The van der Waals surface area contributed by atoms with Crippen molar-refractivity contribution in [3.8, 4) is 5.75 Å². The van der Waals surface area contributed by atoms with Crippen LogP contribution in [0.25, 0.3) is 0 Å². The zero-order chi connectivity index (χ0) is 22.2. The Kier molecular flexibility index (Phi) is 5.36. The van der Waals surface area contributed by atoms with Crippen LogP contribution < -0.4 is 9.64 Å². The molecular weight excluding hydrogens is 436 g/mol. The molecule has 2 aromatic carbocycles. The second kappa shape index (κ2) is 8.33. The summed E-state index contributed by atoms with van der Waals surface area (Å²) in [6, 6.07) is 13.3. The molecule has 0 spiro atoms. The first kappa shape index (κ1) is 20.6. The fourth-order valence-corrected chi connectivity index (χ4v) is 4.31. The van der Waals surface area contributed by atoms with Crippen molar-refractivity contribution in [3.05, 3.63) is 59.1 Å². The zero-order valence-electron chi connectivity index (χ0n) is 17.1. The van der Waals surface area contributed by atoms with Crippen LogP contribution in [0.1, 0.15) is 5.56 Å². The maximum absolute atomic E-state index is 13.0. The second-order valence-corrected chi connectivity index (χ2v) is 8.25. The van der Waals surface area contributed by atoms with Gasteiger partial charge in [-0.1, -0.05) is 40.9 Å². The zero-order valence-corrected chi connectivity index (χ0v) is 17.9. The maximum atomic E-state index is 13.0. The van der Waals surface area contributed by atoms with E-state index in [9.17, 15) is 14.4 Å². The molecule has 1 atom stereocenters. The molecule has 0 unspecified atom stereocenters. The van der Waals surface area contributed by atoms with E-state index in [2.05, 4.69) is 4.90 Å². The van der Waals surface area contributed by atoms with E-state index >= 15 is 0 Å². The van der Waals surface area contributed by atoms with Gasteiger partial charge in [0.05, 0.1) is 12.2 Å². The van der Waals surface area contributed by atoms with Crippen molar-refractivity contribution in [2.75, 3.05) is 37.7 Å². The number of amides is 4. The van der Waals surface area contributed by atoms with Crippen molar-refractivity contribution in [1.82, 2.24) is 14.9 Å². The molecule has 166 valence electrons. The monoisotopic (exact) mass is 456 g/mol. The minimum Gasteiger partial charge on any atom is -0.490 e. The van der Waals surface area contributed by atoms with Crippen molar-refractivity contribution >= 4 is 35.3 Å². The van der Waals surface area contributed by atoms with Gasteiger partial charge in [0.25, 0.3) is 5.91 Å². The number of piperazine rings is 1. The molecule has 10 heteroatoms. The van der Waals surface area contributed by atoms with Crippen LogP contribution in [0.5, 0.6) is 5.75 Å². The topological polar surface area (TPSA) is 82.6 Å². The summed E-state index contributed by atoms with van der Waals surface area (Å²) in [6.07, 6.45) is -0.791. The third-order valence-corrected chi connectivity index (χ3v) is 6.06. The Labute approximate surface area is 189 Å². The minimum atomic E-state index is -0.791. The smallest absolute Gasteiger partial charge is 0.439 e. The summed E-state index contributed by atoms with van der Waals surface area (Å²) in [7, 11) is 0. The number of halogens is 1. The molecule has 3 aliphatic heterocycles. The van der Waals surface area contributed by atoms with Gasteiger partial charge in [0.2, 0.25) is 0 Å². The maximum Gasteiger partial charge on any atom is 0.439 e. The lowest BCUT2D eigenvalue weighted by molar-refractivity contribution is -0.150. The summed E-state index contributed by atoms with van der Waals surface area (Å²) in [6.45, 7) is 2.53. The number of rotatable bonds is 3. The molecule has 0 bridgehead atoms. The SMILES string of the molecule is O=C1[C@@H]2CN(Cc3ccc(Cl)cc3)CCN2C(=O)N1OC(=O)N1CCOc2ccccc21. The molecule has 0 saturated carbocycles. The largest absolute Gasteiger partial charge is 0.490 e. The van der Waals surface area contributed by atoms with Gasteiger partial charge in [-0.3, -0.25) is 14.6 Å². The van der Waals surface area contributed by atoms with Gasteiger partial charge in [-0.25, -0.2) is 9.59 Å². The Hall–Kier alpha value is -3.30. The number of nitrogens with zero attached hydrogens (tertiary/aromatic N) is 4. The number of urea groups is 1. The van der Waals surface area contributed by atoms with E-state index in [4.69, 9.17) is 21.2 Å². The highest BCUT2D eigenvalue weighted by Crippen LogP contribution is 2.32. The van der Waals surface area contributed by atoms with Crippen LogP contribution in [-0.4, -0.2) is 71.7 Å². The van der Waals surface area contributed by atoms with Gasteiger partial charge in [-0.15, -0.1) is 0 Å². The van der Waals surface area contributed by atoms with Gasteiger partial charge < -0.3 is 14.5 Å². The molecule has 0 N–H and O–H groups in total. The van der Waals surface area contributed by atoms with Crippen LogP contribution in [0.15, 0.2) is 48.5 Å². The number of hydrogen-bond acceptors (Lipinski definition) is 6. The summed E-state index contributed by atoms with van der Waals surface area (Å²) in [5, 5.41) is 1.26. The van der Waals surface area contributed by atoms with E-state index in [0.29, 0.717) is 54.3 Å². The fraction of sp³-hybridized carbons (Fsp3) is 0.318. The molecule has 0 aromatic heterocycles. The number of imide groups is 1. The number of benzene rings is 2. The molecule has 2 aromatic rings. The third kappa shape index (κ3) is 3.74. The summed E-state index contributed by atoms with van der Waals surface area (Å²) >= 11 is 5.94. The number of carbonyl (C=O) groups is 3. The van der Waals surface area contributed by atoms with Gasteiger partial charge in [0, 0.05) is 31.2 Å². The van der Waals surface area contributed by atoms with Gasteiger partial charge in [-0.2, -0.15) is 0 Å². The molecule has 0 radical (unpaired) electrons. The number of carbonyl (C=O) groups excluding carboxylic acids is 3. The highest BCUT2D eigenvalue weighted by molar-refractivity contribution is 6.30. The number of hydroxylamine groups is 2. The van der Waals surface area contributed by atoms with Gasteiger partial charge in [0.1, 0.15) is 18.4 Å². The second-order valence-electron chi connectivity index (χ2n) is 7.81. The number of para-hydroxylation sites is 2. The first-order valence-electron chi connectivity index (χ1n) is 10.3. The van der Waals surface area contributed by atoms with E-state index in [-0.39, 0.29) is 6.54 Å². The first-order chi connectivity index (χ1) is 15.5. The van der Waals surface area contributed by atoms with E-state index < -0.39 is 24.1 Å². The molecule has 3 heterocycles. The van der Waals surface area contributed by atoms with Crippen LogP contribution in [0.3, 0.4) is 0 Å². The molecule has 5 rings (SSSR count). The lowest BCUT2D eigenvalue weighted by Gasteiger charge is -2.35. The number of fused-ring (bicyclic) bond motifs is 2. The normalized spacial score (nSPS) is 20.7. The average molecular weight is 457 g/mol. The lowest BCUT2D eigenvalue weighted by Crippen LogP contribution is -2.52. The molecule has 2 fully saturated rings. The Morgan fingerprint density at radius 1 is 1.06 bits per heavy atom. The van der Waals surface area contributed by atoms with Crippen molar-refractivity contribution < 1.29 is 24.0 Å². The van der Waals surface area contributed by atoms with E-state index in [0.717, 1.165) is 5.56 Å². The van der Waals surface area contributed by atoms with Gasteiger partial charge in [0.15, 0.2) is 0 Å². The van der Waals surface area contributed by atoms with Crippen molar-refractivity contribution in [2.24, 2.45) is 0 Å². The quantitative estimate of drug-likeness (QED) is 0.660. The van der Waals surface area contributed by atoms with E-state index in [1.54, 1.807) is 24.3 Å². The lowest BCUT2D eigenvalue weighted by atomic mass is 10.1. The Morgan fingerprint density at radius 3 is 2.66 bits per heavy atom. The number of anilines is 1. The molecular formula is C22H21ClN4O5. The van der Waals surface area contributed by atoms with E-state index in [1.165, 1.54) is 9.80 Å². The Balaban J connectivity index is 1.26. The highest BCUT2D eigenvalue weighted by atomic mass is 35.5. The Morgan fingerprint density at radius 2 is 1.84 bits per heavy atom. The van der Waals surface area contributed by atoms with E-state index in [1.807, 2.05) is 24.3 Å². The van der Waals surface area contributed by atoms with Crippen LogP contribution in [0.2, 0.25) is 5.02 Å². The van der Waals surface area contributed by atoms with Crippen molar-refractivity contribution in [1.29, 1.82) is 0 Å². The van der Waals surface area contributed by atoms with Crippen molar-refractivity contribution in [3.63, 3.8) is 0 Å². The summed E-state index contributed by atoms with van der Waals surface area (Å²) in [4.78, 5) is 48.8. The standard InChI is InChI=1S/C22H21ClN4O5/c23-16-7-5-15(6-8-16)13-24-9-10-25-18(14-24)20(28)27(21(25)29)32-22(30)26-11-12-31-19-4-2-1-3-17(19)26/h1-8,18H,9-14H2/t18-/m0/s1. The van der Waals surface area contributed by atoms with Crippen LogP contribution in [-0.2, 0) is 16.2 Å². The molecule has 4 amide bonds. The fourth-order valence-electron chi connectivity index (χ4n) is 4.19. The number of ether oxygens (including phenoxy) is 1. The molecule has 3 aliphatic rings. The third-order valence-electron chi connectivity index (χ3n) is 5.81. The number of hydrogen-bond donors (Lipinski definition) is 0. The first-order valence-corrected chi connectivity index (χ1v) is 10.7. The minimum absolute atomic E-state index is 0.258. The van der Waals surface area contributed by atoms with Crippen LogP contribution in [0.4, 0.5) is 15.3 Å². The predicted octanol–water partition coefficient (Wildman–Crippen LogP) is 2.74. The van der Waals surface area contributed by atoms with Gasteiger partial charge in [-0.05, 0) is 29.8 Å². The van der Waals surface area contributed by atoms with Crippen LogP contribution >= 0.6 is 11.6 Å². The van der Waals surface area contributed by atoms with Crippen molar-refractivity contribution in [2.45, 2.75) is 12.6 Å². The molecule has 0 aliphatic carbocycles. The highest BCUT2D eigenvalue weighted by Gasteiger charge is 2.50. The summed E-state index contributed by atoms with van der Waals surface area (Å²) < 4.78 is 5.54. The summed E-state index contributed by atoms with van der Waals surface area (Å²) in [5.74, 6) is 0.00994. The molecule has 32 heavy (non-hydrogen) atoms. The summed E-state index contributed by atoms with van der Waals surface area (Å²) in [5.41, 5.74) is 1.60.